The summed E-state index contributed by atoms with van der Waals surface area (Å²) in [6, 6.07) is 10.5. The van der Waals surface area contributed by atoms with E-state index in [1.807, 2.05) is 13.8 Å². The summed E-state index contributed by atoms with van der Waals surface area (Å²) in [5.74, 6) is 0.119. The normalized spacial score (nSPS) is 10.2. The Kier molecular flexibility index (Phi) is 4.70. The van der Waals surface area contributed by atoms with Crippen molar-refractivity contribution in [3.63, 3.8) is 0 Å². The number of rotatable bonds is 4. The minimum Gasteiger partial charge on any atom is -0.491 e. The number of carbonyl (C=O) groups excluding carboxylic acids is 1. The third kappa shape index (κ3) is 3.28. The first kappa shape index (κ1) is 15.2. The molecule has 0 spiro atoms. The van der Waals surface area contributed by atoms with Crippen LogP contribution in [-0.4, -0.2) is 12.5 Å². The van der Waals surface area contributed by atoms with Gasteiger partial charge < -0.3 is 15.8 Å². The van der Waals surface area contributed by atoms with E-state index in [0.717, 1.165) is 5.56 Å². The van der Waals surface area contributed by atoms with Crippen LogP contribution in [0.1, 0.15) is 22.8 Å². The van der Waals surface area contributed by atoms with Crippen molar-refractivity contribution in [1.29, 1.82) is 0 Å². The van der Waals surface area contributed by atoms with Crippen LogP contribution in [0.2, 0.25) is 5.02 Å². The lowest BCUT2D eigenvalue weighted by molar-refractivity contribution is 0.102. The average Bonchev–Trinajstić information content (AvgIpc) is 2.46. The van der Waals surface area contributed by atoms with Gasteiger partial charge >= 0.3 is 0 Å². The molecule has 0 aliphatic rings. The molecule has 0 saturated heterocycles. The maximum absolute atomic E-state index is 12.4. The van der Waals surface area contributed by atoms with Gasteiger partial charge in [-0.2, -0.15) is 0 Å². The Morgan fingerprint density at radius 3 is 2.71 bits per heavy atom. The molecule has 0 fully saturated rings. The lowest BCUT2D eigenvalue weighted by atomic mass is 10.1. The van der Waals surface area contributed by atoms with E-state index in [2.05, 4.69) is 5.32 Å². The van der Waals surface area contributed by atoms with Crippen LogP contribution in [0.3, 0.4) is 0 Å². The Morgan fingerprint density at radius 2 is 2.00 bits per heavy atom. The Bertz CT molecular complexity index is 671. The van der Waals surface area contributed by atoms with Gasteiger partial charge in [-0.3, -0.25) is 4.79 Å². The number of nitrogens with one attached hydrogen (secondary N) is 1. The van der Waals surface area contributed by atoms with Crippen molar-refractivity contribution in [2.24, 2.45) is 0 Å². The molecule has 0 radical (unpaired) electrons. The van der Waals surface area contributed by atoms with E-state index in [1.54, 1.807) is 36.4 Å². The van der Waals surface area contributed by atoms with E-state index in [-0.39, 0.29) is 5.91 Å². The monoisotopic (exact) mass is 304 g/mol. The molecular formula is C16H17ClN2O2. The zero-order valence-corrected chi connectivity index (χ0v) is 12.7. The second-order valence-electron chi connectivity index (χ2n) is 4.52. The number of hydrogen-bond acceptors (Lipinski definition) is 3. The predicted molar refractivity (Wildman–Crippen MR) is 86.2 cm³/mol. The molecular weight excluding hydrogens is 288 g/mol. The molecule has 4 nitrogen and oxygen atoms in total. The Balaban J connectivity index is 2.33. The molecule has 0 bridgehead atoms. The molecule has 21 heavy (non-hydrogen) atoms. The highest BCUT2D eigenvalue weighted by Gasteiger charge is 2.16. The van der Waals surface area contributed by atoms with E-state index in [9.17, 15) is 4.79 Å². The first-order valence-corrected chi connectivity index (χ1v) is 7.00. The highest BCUT2D eigenvalue weighted by Crippen LogP contribution is 2.28. The summed E-state index contributed by atoms with van der Waals surface area (Å²) in [4.78, 5) is 12.4. The van der Waals surface area contributed by atoms with Crippen LogP contribution in [-0.2, 0) is 0 Å². The predicted octanol–water partition coefficient (Wildman–Crippen LogP) is 3.88. The number of halogens is 1. The molecule has 5 heteroatoms. The number of anilines is 2. The highest BCUT2D eigenvalue weighted by atomic mass is 35.5. The fraction of sp³-hybridized carbons (Fsp3) is 0.188. The second kappa shape index (κ2) is 6.50. The zero-order valence-electron chi connectivity index (χ0n) is 11.9. The van der Waals surface area contributed by atoms with Gasteiger partial charge in [0, 0.05) is 10.7 Å². The van der Waals surface area contributed by atoms with E-state index in [4.69, 9.17) is 22.1 Å². The molecule has 0 heterocycles. The molecule has 0 aromatic heterocycles. The van der Waals surface area contributed by atoms with Crippen molar-refractivity contribution in [1.82, 2.24) is 0 Å². The maximum Gasteiger partial charge on any atom is 0.259 e. The fourth-order valence-corrected chi connectivity index (χ4v) is 2.15. The van der Waals surface area contributed by atoms with Crippen LogP contribution in [0, 0.1) is 6.92 Å². The highest BCUT2D eigenvalue weighted by molar-refractivity contribution is 6.31. The van der Waals surface area contributed by atoms with Crippen LogP contribution in [0.4, 0.5) is 11.4 Å². The van der Waals surface area contributed by atoms with Gasteiger partial charge in [0.2, 0.25) is 0 Å². The van der Waals surface area contributed by atoms with Gasteiger partial charge in [-0.05, 0) is 43.7 Å². The zero-order chi connectivity index (χ0) is 15.4. The SMILES string of the molecule is CCOc1c(N)cccc1C(=O)Nc1cccc(Cl)c1C. The average molecular weight is 305 g/mol. The summed E-state index contributed by atoms with van der Waals surface area (Å²) in [7, 11) is 0. The Labute approximate surface area is 128 Å². The smallest absolute Gasteiger partial charge is 0.259 e. The van der Waals surface area contributed by atoms with E-state index in [1.165, 1.54) is 0 Å². The van der Waals surface area contributed by atoms with Crippen molar-refractivity contribution >= 4 is 28.9 Å². The summed E-state index contributed by atoms with van der Waals surface area (Å²) in [5.41, 5.74) is 8.18. The maximum atomic E-state index is 12.4. The van der Waals surface area contributed by atoms with Crippen molar-refractivity contribution in [3.8, 4) is 5.75 Å². The van der Waals surface area contributed by atoms with Gasteiger partial charge in [0.25, 0.3) is 5.91 Å². The minimum atomic E-state index is -0.281. The van der Waals surface area contributed by atoms with Gasteiger partial charge in [-0.25, -0.2) is 0 Å². The third-order valence-electron chi connectivity index (χ3n) is 3.09. The number of ether oxygens (including phenoxy) is 1. The summed E-state index contributed by atoms with van der Waals surface area (Å²) in [6.07, 6.45) is 0. The largest absolute Gasteiger partial charge is 0.491 e. The number of nitrogen functional groups attached to an aromatic ring is 1. The van der Waals surface area contributed by atoms with Crippen molar-refractivity contribution in [2.45, 2.75) is 13.8 Å². The molecule has 1 amide bonds. The van der Waals surface area contributed by atoms with Gasteiger partial charge in [0.1, 0.15) is 0 Å². The van der Waals surface area contributed by atoms with Crippen LogP contribution in [0.25, 0.3) is 0 Å². The topological polar surface area (TPSA) is 64.3 Å². The summed E-state index contributed by atoms with van der Waals surface area (Å²) in [6.45, 7) is 4.13. The Hall–Kier alpha value is -2.20. The summed E-state index contributed by atoms with van der Waals surface area (Å²) < 4.78 is 5.47. The van der Waals surface area contributed by atoms with Crippen LogP contribution in [0.5, 0.6) is 5.75 Å². The van der Waals surface area contributed by atoms with Crippen LogP contribution >= 0.6 is 11.6 Å². The summed E-state index contributed by atoms with van der Waals surface area (Å²) >= 11 is 6.05. The molecule has 3 N–H and O–H groups in total. The lowest BCUT2D eigenvalue weighted by Gasteiger charge is -2.14. The third-order valence-corrected chi connectivity index (χ3v) is 3.50. The number of para-hydroxylation sites is 1. The molecule has 2 aromatic carbocycles. The van der Waals surface area contributed by atoms with Gasteiger partial charge in [-0.1, -0.05) is 23.7 Å². The molecule has 2 rings (SSSR count). The van der Waals surface area contributed by atoms with Gasteiger partial charge in [0.05, 0.1) is 17.9 Å². The lowest BCUT2D eigenvalue weighted by Crippen LogP contribution is -2.15. The molecule has 0 aliphatic heterocycles. The van der Waals surface area contributed by atoms with Gasteiger partial charge in [-0.15, -0.1) is 0 Å². The number of nitrogens with two attached hydrogens (primary N) is 1. The molecule has 0 saturated carbocycles. The first-order valence-electron chi connectivity index (χ1n) is 6.62. The van der Waals surface area contributed by atoms with Crippen LogP contribution in [0.15, 0.2) is 36.4 Å². The van der Waals surface area contributed by atoms with Crippen molar-refractivity contribution in [2.75, 3.05) is 17.7 Å². The summed E-state index contributed by atoms with van der Waals surface area (Å²) in [5, 5.41) is 3.44. The molecule has 0 atom stereocenters. The fourth-order valence-electron chi connectivity index (χ4n) is 1.97. The molecule has 110 valence electrons. The minimum absolute atomic E-state index is 0.281. The van der Waals surface area contributed by atoms with Gasteiger partial charge in [0.15, 0.2) is 5.75 Å². The molecule has 0 aliphatic carbocycles. The second-order valence-corrected chi connectivity index (χ2v) is 4.93. The van der Waals surface area contributed by atoms with Crippen molar-refractivity contribution < 1.29 is 9.53 Å². The van der Waals surface area contributed by atoms with E-state index < -0.39 is 0 Å². The van der Waals surface area contributed by atoms with Crippen LogP contribution < -0.4 is 15.8 Å². The first-order chi connectivity index (χ1) is 10.0. The standard InChI is InChI=1S/C16H17ClN2O2/c1-3-21-15-11(6-4-8-13(15)18)16(20)19-14-9-5-7-12(17)10(14)2/h4-9H,3,18H2,1-2H3,(H,19,20). The number of benzene rings is 2. The van der Waals surface area contributed by atoms with Crippen molar-refractivity contribution in [3.05, 3.63) is 52.5 Å². The number of carbonyl (C=O) groups is 1. The molecule has 0 unspecified atom stereocenters. The van der Waals surface area contributed by atoms with E-state index in [0.29, 0.717) is 34.3 Å². The number of hydrogen-bond donors (Lipinski definition) is 2. The van der Waals surface area contributed by atoms with E-state index >= 15 is 0 Å². The number of amides is 1. The quantitative estimate of drug-likeness (QED) is 0.842. The Morgan fingerprint density at radius 1 is 1.29 bits per heavy atom. The molecule has 2 aromatic rings.